The van der Waals surface area contributed by atoms with Gasteiger partial charge in [0.1, 0.15) is 0 Å². The van der Waals surface area contributed by atoms with Crippen LogP contribution >= 0.6 is 0 Å². The zero-order chi connectivity index (χ0) is 11.1. The van der Waals surface area contributed by atoms with Crippen LogP contribution in [0.3, 0.4) is 0 Å². The van der Waals surface area contributed by atoms with Gasteiger partial charge in [-0.2, -0.15) is 0 Å². The van der Waals surface area contributed by atoms with E-state index in [-0.39, 0.29) is 12.5 Å². The highest BCUT2D eigenvalue weighted by Gasteiger charge is 2.02. The first kappa shape index (κ1) is 12.2. The average Bonchev–Trinajstić information content (AvgIpc) is 2.66. The molecule has 0 amide bonds. The standard InChI is InChI=1S/C11H21N3O/c1-3-4-12-5-11-7-14(9-13-11)6-10(2)8-15/h7,9-10,12,15H,3-6,8H2,1-2H3. The molecule has 0 saturated heterocycles. The van der Waals surface area contributed by atoms with Crippen molar-refractivity contribution in [2.45, 2.75) is 33.4 Å². The van der Waals surface area contributed by atoms with E-state index in [9.17, 15) is 0 Å². The molecule has 0 aliphatic rings. The molecule has 0 bridgehead atoms. The molecule has 0 aliphatic heterocycles. The summed E-state index contributed by atoms with van der Waals surface area (Å²) in [6, 6.07) is 0. The van der Waals surface area contributed by atoms with E-state index < -0.39 is 0 Å². The normalized spacial score (nSPS) is 13.0. The predicted molar refractivity (Wildman–Crippen MR) is 60.5 cm³/mol. The van der Waals surface area contributed by atoms with E-state index in [1.165, 1.54) is 0 Å². The van der Waals surface area contributed by atoms with Gasteiger partial charge in [-0.1, -0.05) is 13.8 Å². The maximum Gasteiger partial charge on any atom is 0.0950 e. The molecule has 2 N–H and O–H groups in total. The minimum Gasteiger partial charge on any atom is -0.396 e. The predicted octanol–water partition coefficient (Wildman–Crippen LogP) is 1.01. The van der Waals surface area contributed by atoms with E-state index in [2.05, 4.69) is 17.2 Å². The molecular formula is C11H21N3O. The van der Waals surface area contributed by atoms with Gasteiger partial charge in [0, 0.05) is 25.9 Å². The summed E-state index contributed by atoms with van der Waals surface area (Å²) in [4.78, 5) is 4.29. The molecule has 0 spiro atoms. The quantitative estimate of drug-likeness (QED) is 0.662. The van der Waals surface area contributed by atoms with Gasteiger partial charge in [0.25, 0.3) is 0 Å². The Bertz CT molecular complexity index is 273. The second-order valence-electron chi connectivity index (χ2n) is 4.03. The number of nitrogens with one attached hydrogen (secondary N) is 1. The SMILES string of the molecule is CCCNCc1cn(CC(C)CO)cn1. The Morgan fingerprint density at radius 1 is 1.60 bits per heavy atom. The van der Waals surface area contributed by atoms with Crippen LogP contribution in [0.2, 0.25) is 0 Å². The third kappa shape index (κ3) is 4.44. The summed E-state index contributed by atoms with van der Waals surface area (Å²) in [5, 5.41) is 12.2. The molecule has 15 heavy (non-hydrogen) atoms. The van der Waals surface area contributed by atoms with Crippen LogP contribution in [-0.2, 0) is 13.1 Å². The Morgan fingerprint density at radius 3 is 3.07 bits per heavy atom. The molecule has 0 fully saturated rings. The number of hydrogen-bond acceptors (Lipinski definition) is 3. The van der Waals surface area contributed by atoms with Gasteiger partial charge >= 0.3 is 0 Å². The van der Waals surface area contributed by atoms with Gasteiger partial charge in [-0.3, -0.25) is 0 Å². The van der Waals surface area contributed by atoms with Crippen LogP contribution in [-0.4, -0.2) is 27.8 Å². The van der Waals surface area contributed by atoms with Crippen molar-refractivity contribution < 1.29 is 5.11 Å². The number of nitrogens with zero attached hydrogens (tertiary/aromatic N) is 2. The van der Waals surface area contributed by atoms with Crippen molar-refractivity contribution in [1.29, 1.82) is 0 Å². The fourth-order valence-corrected chi connectivity index (χ4v) is 1.41. The summed E-state index contributed by atoms with van der Waals surface area (Å²) in [5.41, 5.74) is 1.06. The molecule has 0 aliphatic carbocycles. The third-order valence-electron chi connectivity index (χ3n) is 2.25. The largest absolute Gasteiger partial charge is 0.396 e. The molecule has 1 aromatic heterocycles. The van der Waals surface area contributed by atoms with E-state index >= 15 is 0 Å². The molecule has 1 rings (SSSR count). The molecule has 4 heteroatoms. The van der Waals surface area contributed by atoms with Crippen molar-refractivity contribution >= 4 is 0 Å². The van der Waals surface area contributed by atoms with E-state index in [1.807, 2.05) is 24.0 Å². The molecule has 0 radical (unpaired) electrons. The minimum atomic E-state index is 0.224. The molecule has 1 atom stereocenters. The maximum atomic E-state index is 8.93. The number of hydrogen-bond donors (Lipinski definition) is 2. The van der Waals surface area contributed by atoms with E-state index in [0.717, 1.165) is 31.7 Å². The highest BCUT2D eigenvalue weighted by Crippen LogP contribution is 2.01. The van der Waals surface area contributed by atoms with Crippen molar-refractivity contribution in [1.82, 2.24) is 14.9 Å². The van der Waals surface area contributed by atoms with Crippen LogP contribution < -0.4 is 5.32 Å². The van der Waals surface area contributed by atoms with E-state index in [0.29, 0.717) is 0 Å². The number of imidazole rings is 1. The highest BCUT2D eigenvalue weighted by atomic mass is 16.3. The monoisotopic (exact) mass is 211 g/mol. The molecule has 1 unspecified atom stereocenters. The van der Waals surface area contributed by atoms with Gasteiger partial charge in [-0.15, -0.1) is 0 Å². The summed E-state index contributed by atoms with van der Waals surface area (Å²) in [7, 11) is 0. The second-order valence-corrected chi connectivity index (χ2v) is 4.03. The third-order valence-corrected chi connectivity index (χ3v) is 2.25. The van der Waals surface area contributed by atoms with Crippen molar-refractivity contribution in [3.8, 4) is 0 Å². The number of aliphatic hydroxyl groups excluding tert-OH is 1. The molecule has 0 aromatic carbocycles. The van der Waals surface area contributed by atoms with E-state index in [4.69, 9.17) is 5.11 Å². The Labute approximate surface area is 91.3 Å². The van der Waals surface area contributed by atoms with Gasteiger partial charge in [0.2, 0.25) is 0 Å². The smallest absolute Gasteiger partial charge is 0.0950 e. The van der Waals surface area contributed by atoms with Gasteiger partial charge in [-0.25, -0.2) is 4.98 Å². The van der Waals surface area contributed by atoms with Crippen molar-refractivity contribution in [3.63, 3.8) is 0 Å². The summed E-state index contributed by atoms with van der Waals surface area (Å²) in [6.45, 7) is 7.08. The van der Waals surface area contributed by atoms with Crippen molar-refractivity contribution in [2.75, 3.05) is 13.2 Å². The first-order chi connectivity index (χ1) is 7.26. The number of rotatable bonds is 7. The van der Waals surface area contributed by atoms with Gasteiger partial charge in [-0.05, 0) is 18.9 Å². The summed E-state index contributed by atoms with van der Waals surface area (Å²) in [6.07, 6.45) is 5.01. The zero-order valence-corrected chi connectivity index (χ0v) is 9.61. The Hall–Kier alpha value is -0.870. The molecular weight excluding hydrogens is 190 g/mol. The lowest BCUT2D eigenvalue weighted by atomic mass is 10.2. The summed E-state index contributed by atoms with van der Waals surface area (Å²) >= 11 is 0. The van der Waals surface area contributed by atoms with Crippen LogP contribution in [0.15, 0.2) is 12.5 Å². The molecule has 0 saturated carbocycles. The van der Waals surface area contributed by atoms with Crippen molar-refractivity contribution in [3.05, 3.63) is 18.2 Å². The zero-order valence-electron chi connectivity index (χ0n) is 9.61. The molecule has 4 nitrogen and oxygen atoms in total. The first-order valence-electron chi connectivity index (χ1n) is 5.58. The van der Waals surface area contributed by atoms with Crippen LogP contribution in [0.4, 0.5) is 0 Å². The average molecular weight is 211 g/mol. The molecule has 1 aromatic rings. The lowest BCUT2D eigenvalue weighted by Crippen LogP contribution is -2.14. The molecule has 86 valence electrons. The lowest BCUT2D eigenvalue weighted by Gasteiger charge is -2.07. The maximum absolute atomic E-state index is 8.93. The second kappa shape index (κ2) is 6.58. The first-order valence-corrected chi connectivity index (χ1v) is 5.58. The minimum absolute atomic E-state index is 0.224. The number of aliphatic hydroxyl groups is 1. The van der Waals surface area contributed by atoms with Crippen LogP contribution in [0, 0.1) is 5.92 Å². The van der Waals surface area contributed by atoms with Gasteiger partial charge < -0.3 is 15.0 Å². The fourth-order valence-electron chi connectivity index (χ4n) is 1.41. The van der Waals surface area contributed by atoms with Crippen LogP contribution in [0.5, 0.6) is 0 Å². The van der Waals surface area contributed by atoms with Gasteiger partial charge in [0.15, 0.2) is 0 Å². The van der Waals surface area contributed by atoms with Gasteiger partial charge in [0.05, 0.1) is 12.0 Å². The molecule has 1 heterocycles. The van der Waals surface area contributed by atoms with Crippen LogP contribution in [0.25, 0.3) is 0 Å². The van der Waals surface area contributed by atoms with E-state index in [1.54, 1.807) is 0 Å². The van der Waals surface area contributed by atoms with Crippen molar-refractivity contribution in [2.24, 2.45) is 5.92 Å². The Kier molecular flexibility index (Phi) is 5.36. The highest BCUT2D eigenvalue weighted by molar-refractivity contribution is 4.96. The topological polar surface area (TPSA) is 50.1 Å². The summed E-state index contributed by atoms with van der Waals surface area (Å²) < 4.78 is 2.03. The lowest BCUT2D eigenvalue weighted by molar-refractivity contribution is 0.223. The number of aromatic nitrogens is 2. The fraction of sp³-hybridized carbons (Fsp3) is 0.727. The Balaban J connectivity index is 2.35. The van der Waals surface area contributed by atoms with Crippen LogP contribution in [0.1, 0.15) is 26.0 Å². The summed E-state index contributed by atoms with van der Waals surface area (Å²) in [5.74, 6) is 0.288. The Morgan fingerprint density at radius 2 is 2.40 bits per heavy atom.